The number of hydrogen-bond donors (Lipinski definition) is 1. The van der Waals surface area contributed by atoms with Crippen LogP contribution in [-0.4, -0.2) is 34.4 Å². The van der Waals surface area contributed by atoms with E-state index in [4.69, 9.17) is 0 Å². The molecule has 0 aliphatic carbocycles. The van der Waals surface area contributed by atoms with E-state index in [0.717, 1.165) is 19.0 Å². The van der Waals surface area contributed by atoms with Crippen molar-refractivity contribution < 1.29 is 0 Å². The van der Waals surface area contributed by atoms with Crippen LogP contribution in [0, 0.1) is 0 Å². The molecule has 2 aliphatic rings. The minimum atomic E-state index is 0.307. The smallest absolute Gasteiger partial charge is 0.194 e. The van der Waals surface area contributed by atoms with Crippen LogP contribution in [0.3, 0.4) is 0 Å². The first kappa shape index (κ1) is 11.0. The van der Waals surface area contributed by atoms with Crippen molar-refractivity contribution in [3.8, 4) is 0 Å². The predicted molar refractivity (Wildman–Crippen MR) is 70.3 cm³/mol. The highest BCUT2D eigenvalue weighted by atomic mass is 32.1. The molecule has 0 spiro atoms. The minimum Gasteiger partial charge on any atom is -0.349 e. The van der Waals surface area contributed by atoms with E-state index in [1.54, 1.807) is 11.5 Å². The van der Waals surface area contributed by atoms with Crippen LogP contribution in [0.1, 0.15) is 37.1 Å². The first-order chi connectivity index (χ1) is 8.34. The van der Waals surface area contributed by atoms with Crippen molar-refractivity contribution in [2.24, 2.45) is 4.99 Å². The van der Waals surface area contributed by atoms with Crippen LogP contribution in [-0.2, 0) is 0 Å². The second-order valence-electron chi connectivity index (χ2n) is 4.79. The number of rotatable bonds is 2. The third-order valence-corrected chi connectivity index (χ3v) is 4.51. The molecule has 3 heterocycles. The maximum atomic E-state index is 4.65. The van der Waals surface area contributed by atoms with Crippen molar-refractivity contribution in [3.63, 3.8) is 0 Å². The molecule has 4 nitrogen and oxygen atoms in total. The Morgan fingerprint density at radius 3 is 3.29 bits per heavy atom. The largest absolute Gasteiger partial charge is 0.349 e. The maximum Gasteiger partial charge on any atom is 0.194 e. The van der Waals surface area contributed by atoms with E-state index in [9.17, 15) is 0 Å². The second kappa shape index (κ2) is 4.64. The second-order valence-corrected chi connectivity index (χ2v) is 5.65. The summed E-state index contributed by atoms with van der Waals surface area (Å²) in [6, 6.07) is 3.03. The molecular formula is C12H18N4S. The molecule has 2 aliphatic heterocycles. The molecule has 1 aromatic rings. The highest BCUT2D eigenvalue weighted by molar-refractivity contribution is 7.05. The summed E-state index contributed by atoms with van der Waals surface area (Å²) in [6.07, 6.45) is 5.81. The molecule has 2 atom stereocenters. The fourth-order valence-electron chi connectivity index (χ4n) is 2.59. The van der Waals surface area contributed by atoms with Gasteiger partial charge in [-0.1, -0.05) is 0 Å². The summed E-state index contributed by atoms with van der Waals surface area (Å²) in [7, 11) is 0. The normalized spacial score (nSPS) is 25.4. The van der Waals surface area contributed by atoms with E-state index in [1.165, 1.54) is 24.1 Å². The minimum absolute atomic E-state index is 0.307. The summed E-state index contributed by atoms with van der Waals surface area (Å²) in [5.74, 6) is 1.09. The van der Waals surface area contributed by atoms with Gasteiger partial charge in [0.2, 0.25) is 0 Å². The van der Waals surface area contributed by atoms with Gasteiger partial charge in [-0.3, -0.25) is 4.99 Å². The zero-order chi connectivity index (χ0) is 11.7. The van der Waals surface area contributed by atoms with Crippen LogP contribution >= 0.6 is 11.5 Å². The molecule has 0 amide bonds. The standard InChI is InChI=1S/C12H18N4S/c1-9(11-5-6-14-17-11)15-12-13-8-10-4-2-3-7-16(10)12/h5-6,9-10H,2-4,7-8H2,1H3,(H,13,15)/t9?,10-/m0/s1. The van der Waals surface area contributed by atoms with Crippen LogP contribution in [0.5, 0.6) is 0 Å². The Morgan fingerprint density at radius 1 is 1.53 bits per heavy atom. The molecule has 5 heteroatoms. The van der Waals surface area contributed by atoms with Crippen LogP contribution < -0.4 is 5.32 Å². The lowest BCUT2D eigenvalue weighted by Crippen LogP contribution is -2.46. The Kier molecular flexibility index (Phi) is 3.01. The van der Waals surface area contributed by atoms with E-state index in [2.05, 4.69) is 32.6 Å². The molecule has 1 unspecified atom stereocenters. The third-order valence-electron chi connectivity index (χ3n) is 3.58. The summed E-state index contributed by atoms with van der Waals surface area (Å²) >= 11 is 1.56. The topological polar surface area (TPSA) is 40.5 Å². The van der Waals surface area contributed by atoms with Crippen molar-refractivity contribution in [1.82, 2.24) is 14.6 Å². The van der Waals surface area contributed by atoms with Crippen molar-refractivity contribution in [2.75, 3.05) is 13.1 Å². The number of fused-ring (bicyclic) bond motifs is 1. The average molecular weight is 250 g/mol. The highest BCUT2D eigenvalue weighted by Crippen LogP contribution is 2.23. The molecule has 0 radical (unpaired) electrons. The Morgan fingerprint density at radius 2 is 2.47 bits per heavy atom. The summed E-state index contributed by atoms with van der Waals surface area (Å²) in [6.45, 7) is 4.30. The molecule has 1 aromatic heterocycles. The summed E-state index contributed by atoms with van der Waals surface area (Å²) in [4.78, 5) is 8.36. The van der Waals surface area contributed by atoms with Gasteiger partial charge in [0.15, 0.2) is 5.96 Å². The number of nitrogens with one attached hydrogen (secondary N) is 1. The number of nitrogens with zero attached hydrogens (tertiary/aromatic N) is 3. The Labute approximate surface area is 106 Å². The van der Waals surface area contributed by atoms with Gasteiger partial charge in [0.1, 0.15) is 0 Å². The molecule has 0 bridgehead atoms. The predicted octanol–water partition coefficient (Wildman–Crippen LogP) is 2.02. The zero-order valence-corrected chi connectivity index (χ0v) is 10.9. The molecule has 1 saturated heterocycles. The fraction of sp³-hybridized carbons (Fsp3) is 0.667. The lowest BCUT2D eigenvalue weighted by atomic mass is 10.0. The SMILES string of the molecule is CC(NC1=NC[C@@H]2CCCCN12)c1ccns1. The first-order valence-corrected chi connectivity index (χ1v) is 7.10. The van der Waals surface area contributed by atoms with Crippen molar-refractivity contribution >= 4 is 17.5 Å². The lowest BCUT2D eigenvalue weighted by molar-refractivity contribution is 0.261. The summed E-state index contributed by atoms with van der Waals surface area (Å²) in [5, 5.41) is 3.53. The molecule has 3 rings (SSSR count). The van der Waals surface area contributed by atoms with Crippen molar-refractivity contribution in [1.29, 1.82) is 0 Å². The van der Waals surface area contributed by atoms with Gasteiger partial charge in [0.25, 0.3) is 0 Å². The Bertz CT molecular complexity index is 401. The summed E-state index contributed by atoms with van der Waals surface area (Å²) in [5.41, 5.74) is 0. The number of aliphatic imine (C=N–C) groups is 1. The van der Waals surface area contributed by atoms with Gasteiger partial charge in [0, 0.05) is 17.6 Å². The van der Waals surface area contributed by atoms with Crippen LogP contribution in [0.4, 0.5) is 0 Å². The molecule has 17 heavy (non-hydrogen) atoms. The van der Waals surface area contributed by atoms with E-state index in [1.807, 2.05) is 6.20 Å². The van der Waals surface area contributed by atoms with E-state index in [0.29, 0.717) is 12.1 Å². The van der Waals surface area contributed by atoms with Gasteiger partial charge >= 0.3 is 0 Å². The molecule has 0 aromatic carbocycles. The van der Waals surface area contributed by atoms with Gasteiger partial charge < -0.3 is 10.2 Å². The molecule has 0 saturated carbocycles. The zero-order valence-electron chi connectivity index (χ0n) is 10.1. The molecular weight excluding hydrogens is 232 g/mol. The van der Waals surface area contributed by atoms with Crippen molar-refractivity contribution in [3.05, 3.63) is 17.1 Å². The number of guanidine groups is 1. The van der Waals surface area contributed by atoms with Gasteiger partial charge in [-0.25, -0.2) is 4.37 Å². The maximum absolute atomic E-state index is 4.65. The molecule has 92 valence electrons. The van der Waals surface area contributed by atoms with Gasteiger partial charge in [0.05, 0.1) is 18.6 Å². The van der Waals surface area contributed by atoms with Gasteiger partial charge in [-0.05, 0) is 43.8 Å². The van der Waals surface area contributed by atoms with E-state index < -0.39 is 0 Å². The van der Waals surface area contributed by atoms with Gasteiger partial charge in [-0.15, -0.1) is 0 Å². The Balaban J connectivity index is 1.65. The van der Waals surface area contributed by atoms with Crippen LogP contribution in [0.25, 0.3) is 0 Å². The molecule has 1 N–H and O–H groups in total. The van der Waals surface area contributed by atoms with Gasteiger partial charge in [-0.2, -0.15) is 0 Å². The monoisotopic (exact) mass is 250 g/mol. The first-order valence-electron chi connectivity index (χ1n) is 6.33. The molecule has 1 fully saturated rings. The average Bonchev–Trinajstić information content (AvgIpc) is 2.98. The van der Waals surface area contributed by atoms with Crippen LogP contribution in [0.2, 0.25) is 0 Å². The number of hydrogen-bond acceptors (Lipinski definition) is 5. The van der Waals surface area contributed by atoms with Crippen molar-refractivity contribution in [2.45, 2.75) is 38.3 Å². The lowest BCUT2D eigenvalue weighted by Gasteiger charge is -2.33. The van der Waals surface area contributed by atoms with E-state index >= 15 is 0 Å². The fourth-order valence-corrected chi connectivity index (χ4v) is 3.18. The number of aromatic nitrogens is 1. The number of piperidine rings is 1. The highest BCUT2D eigenvalue weighted by Gasteiger charge is 2.30. The summed E-state index contributed by atoms with van der Waals surface area (Å²) < 4.78 is 4.15. The quantitative estimate of drug-likeness (QED) is 0.873. The van der Waals surface area contributed by atoms with Crippen LogP contribution in [0.15, 0.2) is 17.3 Å². The third kappa shape index (κ3) is 2.16. The Hall–Kier alpha value is -1.10. The van der Waals surface area contributed by atoms with E-state index in [-0.39, 0.29) is 0 Å².